The van der Waals surface area contributed by atoms with Crippen LogP contribution in [0, 0.1) is 0 Å². The lowest BCUT2D eigenvalue weighted by Gasteiger charge is -2.05. The first-order valence-corrected chi connectivity index (χ1v) is 5.47. The van der Waals surface area contributed by atoms with Gasteiger partial charge in [-0.15, -0.1) is 0 Å². The third-order valence-electron chi connectivity index (χ3n) is 2.38. The van der Waals surface area contributed by atoms with Crippen molar-refractivity contribution in [3.8, 4) is 0 Å². The molecule has 0 aliphatic carbocycles. The van der Waals surface area contributed by atoms with Crippen LogP contribution in [0.25, 0.3) is 0 Å². The topological polar surface area (TPSA) is 55.1 Å². The molecule has 0 atom stereocenters. The van der Waals surface area contributed by atoms with Crippen molar-refractivity contribution < 1.29 is 5.11 Å². The van der Waals surface area contributed by atoms with E-state index in [0.717, 1.165) is 11.1 Å². The summed E-state index contributed by atoms with van der Waals surface area (Å²) in [4.78, 5) is 15.1. The first kappa shape index (κ1) is 11.8. The number of hydrogen-bond acceptors (Lipinski definition) is 3. The summed E-state index contributed by atoms with van der Waals surface area (Å²) in [6, 6.07) is 7.36. The van der Waals surface area contributed by atoms with Crippen molar-refractivity contribution in [1.82, 2.24) is 9.55 Å². The van der Waals surface area contributed by atoms with Gasteiger partial charge in [0.15, 0.2) is 0 Å². The Labute approximate surface area is 103 Å². The van der Waals surface area contributed by atoms with Crippen LogP contribution in [0.1, 0.15) is 11.1 Å². The summed E-state index contributed by atoms with van der Waals surface area (Å²) >= 11 is 5.78. The second kappa shape index (κ2) is 5.12. The van der Waals surface area contributed by atoms with Gasteiger partial charge in [-0.25, -0.2) is 9.78 Å². The Morgan fingerprint density at radius 3 is 2.53 bits per heavy atom. The van der Waals surface area contributed by atoms with Crippen molar-refractivity contribution in [2.24, 2.45) is 0 Å². The molecule has 2 rings (SSSR count). The van der Waals surface area contributed by atoms with Crippen molar-refractivity contribution in [3.63, 3.8) is 0 Å². The molecule has 5 heteroatoms. The Morgan fingerprint density at radius 1 is 1.24 bits per heavy atom. The minimum atomic E-state index is -0.333. The van der Waals surface area contributed by atoms with Crippen molar-refractivity contribution in [2.75, 3.05) is 0 Å². The van der Waals surface area contributed by atoms with Gasteiger partial charge in [0.25, 0.3) is 0 Å². The van der Waals surface area contributed by atoms with Crippen LogP contribution in [0.3, 0.4) is 0 Å². The monoisotopic (exact) mass is 250 g/mol. The van der Waals surface area contributed by atoms with E-state index >= 15 is 0 Å². The zero-order valence-corrected chi connectivity index (χ0v) is 9.76. The van der Waals surface area contributed by atoms with E-state index in [0.29, 0.717) is 11.6 Å². The number of halogens is 1. The highest BCUT2D eigenvalue weighted by atomic mass is 35.5. The van der Waals surface area contributed by atoms with E-state index in [1.807, 2.05) is 24.3 Å². The average molecular weight is 251 g/mol. The molecule has 0 spiro atoms. The number of benzene rings is 1. The van der Waals surface area contributed by atoms with Gasteiger partial charge in [0, 0.05) is 6.20 Å². The van der Waals surface area contributed by atoms with Crippen LogP contribution in [0.5, 0.6) is 0 Å². The highest BCUT2D eigenvalue weighted by Crippen LogP contribution is 2.07. The lowest BCUT2D eigenvalue weighted by atomic mass is 10.1. The normalized spacial score (nSPS) is 10.5. The molecule has 1 aromatic carbocycles. The van der Waals surface area contributed by atoms with E-state index in [-0.39, 0.29) is 12.3 Å². The fourth-order valence-electron chi connectivity index (χ4n) is 1.49. The van der Waals surface area contributed by atoms with Gasteiger partial charge in [-0.1, -0.05) is 35.9 Å². The van der Waals surface area contributed by atoms with E-state index in [9.17, 15) is 4.79 Å². The molecule has 1 aromatic heterocycles. The molecule has 1 N–H and O–H groups in total. The van der Waals surface area contributed by atoms with E-state index in [4.69, 9.17) is 16.7 Å². The van der Waals surface area contributed by atoms with Crippen molar-refractivity contribution in [3.05, 3.63) is 63.3 Å². The second-order valence-corrected chi connectivity index (χ2v) is 4.09. The van der Waals surface area contributed by atoms with Gasteiger partial charge in [-0.3, -0.25) is 4.57 Å². The van der Waals surface area contributed by atoms with E-state index in [1.165, 1.54) is 10.8 Å². The first-order valence-electron chi connectivity index (χ1n) is 5.09. The van der Waals surface area contributed by atoms with Crippen molar-refractivity contribution in [2.45, 2.75) is 13.2 Å². The quantitative estimate of drug-likeness (QED) is 0.897. The Hall–Kier alpha value is -1.65. The van der Waals surface area contributed by atoms with Gasteiger partial charge in [0.1, 0.15) is 0 Å². The predicted octanol–water partition coefficient (Wildman–Crippen LogP) is 1.44. The van der Waals surface area contributed by atoms with Gasteiger partial charge >= 0.3 is 5.69 Å². The minimum absolute atomic E-state index is 0.0128. The molecule has 0 amide bonds. The molecule has 88 valence electrons. The molecule has 17 heavy (non-hydrogen) atoms. The van der Waals surface area contributed by atoms with E-state index in [1.54, 1.807) is 6.20 Å². The number of nitrogens with zero attached hydrogens (tertiary/aromatic N) is 2. The van der Waals surface area contributed by atoms with Crippen molar-refractivity contribution in [1.29, 1.82) is 0 Å². The fraction of sp³-hybridized carbons (Fsp3) is 0.167. The molecule has 0 saturated heterocycles. The molecule has 2 aromatic rings. The summed E-state index contributed by atoms with van der Waals surface area (Å²) in [5.74, 6) is 0. The second-order valence-electron chi connectivity index (χ2n) is 3.66. The van der Waals surface area contributed by atoms with Gasteiger partial charge in [0.05, 0.1) is 24.4 Å². The zero-order chi connectivity index (χ0) is 12.3. The Kier molecular flexibility index (Phi) is 3.56. The molecular weight excluding hydrogens is 240 g/mol. The molecule has 1 heterocycles. The van der Waals surface area contributed by atoms with Crippen LogP contribution in [0.4, 0.5) is 0 Å². The lowest BCUT2D eigenvalue weighted by Crippen LogP contribution is -2.22. The van der Waals surface area contributed by atoms with Crippen LogP contribution in [0.15, 0.2) is 41.5 Å². The van der Waals surface area contributed by atoms with E-state index in [2.05, 4.69) is 4.98 Å². The maximum atomic E-state index is 11.5. The van der Waals surface area contributed by atoms with Crippen LogP contribution in [0.2, 0.25) is 5.02 Å². The molecule has 0 fully saturated rings. The summed E-state index contributed by atoms with van der Waals surface area (Å²) in [5, 5.41) is 9.34. The van der Waals surface area contributed by atoms with Gasteiger partial charge in [-0.05, 0) is 11.1 Å². The largest absolute Gasteiger partial charge is 0.392 e. The number of rotatable bonds is 3. The standard InChI is InChI=1S/C12H11ClN2O2/c13-11-5-14-12(17)15(7-11)6-9-1-3-10(8-16)4-2-9/h1-5,7,16H,6,8H2. The summed E-state index contributed by atoms with van der Waals surface area (Å²) in [6.07, 6.45) is 2.88. The molecule has 0 unspecified atom stereocenters. The Balaban J connectivity index is 2.25. The first-order chi connectivity index (χ1) is 8.19. The Morgan fingerprint density at radius 2 is 1.88 bits per heavy atom. The van der Waals surface area contributed by atoms with Crippen molar-refractivity contribution >= 4 is 11.6 Å². The maximum Gasteiger partial charge on any atom is 0.347 e. The van der Waals surface area contributed by atoms with Crippen LogP contribution in [-0.4, -0.2) is 14.7 Å². The number of hydrogen-bond donors (Lipinski definition) is 1. The predicted molar refractivity (Wildman–Crippen MR) is 65.0 cm³/mol. The zero-order valence-electron chi connectivity index (χ0n) is 9.01. The van der Waals surface area contributed by atoms with Crippen LogP contribution in [-0.2, 0) is 13.2 Å². The molecular formula is C12H11ClN2O2. The highest BCUT2D eigenvalue weighted by molar-refractivity contribution is 6.30. The average Bonchev–Trinajstić information content (AvgIpc) is 2.35. The Bertz CT molecular complexity index is 563. The smallest absolute Gasteiger partial charge is 0.347 e. The lowest BCUT2D eigenvalue weighted by molar-refractivity contribution is 0.282. The molecule has 4 nitrogen and oxygen atoms in total. The third-order valence-corrected chi connectivity index (χ3v) is 2.58. The summed E-state index contributed by atoms with van der Waals surface area (Å²) in [6.45, 7) is 0.428. The fourth-order valence-corrected chi connectivity index (χ4v) is 1.66. The van der Waals surface area contributed by atoms with Crippen LogP contribution >= 0.6 is 11.6 Å². The van der Waals surface area contributed by atoms with Gasteiger partial charge in [0.2, 0.25) is 0 Å². The van der Waals surface area contributed by atoms with E-state index < -0.39 is 0 Å². The molecule has 0 saturated carbocycles. The maximum absolute atomic E-state index is 11.5. The van der Waals surface area contributed by atoms with Gasteiger partial charge in [-0.2, -0.15) is 0 Å². The third kappa shape index (κ3) is 2.93. The number of aliphatic hydroxyl groups excluding tert-OH is 1. The van der Waals surface area contributed by atoms with Crippen LogP contribution < -0.4 is 5.69 Å². The summed E-state index contributed by atoms with van der Waals surface area (Å²) in [7, 11) is 0. The highest BCUT2D eigenvalue weighted by Gasteiger charge is 2.00. The summed E-state index contributed by atoms with van der Waals surface area (Å²) in [5.41, 5.74) is 1.46. The molecule has 0 radical (unpaired) electrons. The molecule has 0 aliphatic heterocycles. The SMILES string of the molecule is O=c1ncc(Cl)cn1Cc1ccc(CO)cc1. The molecule has 0 bridgehead atoms. The summed E-state index contributed by atoms with van der Waals surface area (Å²) < 4.78 is 1.44. The number of aliphatic hydroxyl groups is 1. The molecule has 0 aliphatic rings. The minimum Gasteiger partial charge on any atom is -0.392 e. The number of aromatic nitrogens is 2. The van der Waals surface area contributed by atoms with Gasteiger partial charge < -0.3 is 5.11 Å².